The maximum absolute atomic E-state index is 12.1. The molecule has 2 heteroatoms. The van der Waals surface area contributed by atoms with Gasteiger partial charge in [0.2, 0.25) is 0 Å². The Labute approximate surface area is 120 Å². The highest BCUT2D eigenvalue weighted by Crippen LogP contribution is 2.46. The van der Waals surface area contributed by atoms with E-state index in [4.69, 9.17) is 0 Å². The van der Waals surface area contributed by atoms with Gasteiger partial charge in [-0.3, -0.25) is 4.79 Å². The molecule has 0 saturated carbocycles. The Morgan fingerprint density at radius 2 is 2.10 bits per heavy atom. The van der Waals surface area contributed by atoms with Crippen molar-refractivity contribution in [1.29, 1.82) is 0 Å². The van der Waals surface area contributed by atoms with Crippen LogP contribution >= 0.6 is 0 Å². The molecule has 20 heavy (non-hydrogen) atoms. The number of carbonyl (C=O) groups is 1. The highest BCUT2D eigenvalue weighted by atomic mass is 16.1. The van der Waals surface area contributed by atoms with E-state index < -0.39 is 0 Å². The number of amides is 1. The SMILES string of the molecule is CNC(=O)c1cccc2c1C=C1C=CCC(C)C1C2C. The second-order valence-electron chi connectivity index (χ2n) is 5.96. The third-order valence-corrected chi connectivity index (χ3v) is 4.77. The van der Waals surface area contributed by atoms with Crippen LogP contribution in [-0.2, 0) is 0 Å². The van der Waals surface area contributed by atoms with Crippen LogP contribution in [0.3, 0.4) is 0 Å². The number of nitrogens with one attached hydrogen (secondary N) is 1. The Hall–Kier alpha value is -1.83. The molecule has 0 aliphatic heterocycles. The first-order chi connectivity index (χ1) is 9.63. The van der Waals surface area contributed by atoms with Gasteiger partial charge in [0.1, 0.15) is 0 Å². The van der Waals surface area contributed by atoms with Crippen molar-refractivity contribution in [2.24, 2.45) is 11.8 Å². The van der Waals surface area contributed by atoms with Crippen molar-refractivity contribution in [1.82, 2.24) is 5.32 Å². The third kappa shape index (κ3) is 1.91. The Morgan fingerprint density at radius 1 is 1.30 bits per heavy atom. The van der Waals surface area contributed by atoms with Crippen LogP contribution in [0.25, 0.3) is 6.08 Å². The summed E-state index contributed by atoms with van der Waals surface area (Å²) in [4.78, 5) is 12.1. The lowest BCUT2D eigenvalue weighted by Gasteiger charge is -2.37. The van der Waals surface area contributed by atoms with Crippen molar-refractivity contribution in [3.8, 4) is 0 Å². The van der Waals surface area contributed by atoms with Gasteiger partial charge in [0.05, 0.1) is 0 Å². The predicted molar refractivity (Wildman–Crippen MR) is 82.6 cm³/mol. The molecule has 0 saturated heterocycles. The van der Waals surface area contributed by atoms with Crippen LogP contribution in [0.5, 0.6) is 0 Å². The van der Waals surface area contributed by atoms with Crippen molar-refractivity contribution in [2.75, 3.05) is 7.05 Å². The second-order valence-corrected chi connectivity index (χ2v) is 5.96. The predicted octanol–water partition coefficient (Wildman–Crippen LogP) is 3.76. The van der Waals surface area contributed by atoms with Crippen LogP contribution < -0.4 is 5.32 Å². The highest BCUT2D eigenvalue weighted by Gasteiger charge is 2.33. The molecule has 2 aliphatic carbocycles. The molecule has 2 aliphatic rings. The van der Waals surface area contributed by atoms with Crippen LogP contribution in [-0.4, -0.2) is 13.0 Å². The number of rotatable bonds is 1. The first-order valence-corrected chi connectivity index (χ1v) is 7.36. The van der Waals surface area contributed by atoms with E-state index in [1.165, 1.54) is 11.1 Å². The van der Waals surface area contributed by atoms with Crippen molar-refractivity contribution in [3.63, 3.8) is 0 Å². The van der Waals surface area contributed by atoms with E-state index in [0.29, 0.717) is 17.8 Å². The molecule has 0 heterocycles. The van der Waals surface area contributed by atoms with Crippen LogP contribution in [0.15, 0.2) is 35.9 Å². The molecule has 0 aromatic heterocycles. The van der Waals surface area contributed by atoms with Gasteiger partial charge in [-0.1, -0.05) is 44.2 Å². The fourth-order valence-electron chi connectivity index (χ4n) is 3.76. The topological polar surface area (TPSA) is 29.1 Å². The third-order valence-electron chi connectivity index (χ3n) is 4.77. The second kappa shape index (κ2) is 4.93. The number of fused-ring (bicyclic) bond motifs is 2. The van der Waals surface area contributed by atoms with E-state index in [0.717, 1.165) is 17.5 Å². The van der Waals surface area contributed by atoms with Crippen molar-refractivity contribution >= 4 is 12.0 Å². The van der Waals surface area contributed by atoms with Crippen LogP contribution in [0.2, 0.25) is 0 Å². The number of hydrogen-bond donors (Lipinski definition) is 1. The van der Waals surface area contributed by atoms with E-state index in [1.54, 1.807) is 7.05 Å². The Balaban J connectivity index is 2.18. The minimum Gasteiger partial charge on any atom is -0.355 e. The van der Waals surface area contributed by atoms with Gasteiger partial charge >= 0.3 is 0 Å². The molecule has 1 N–H and O–H groups in total. The number of carbonyl (C=O) groups excluding carboxylic acids is 1. The van der Waals surface area contributed by atoms with E-state index in [9.17, 15) is 4.79 Å². The quantitative estimate of drug-likeness (QED) is 0.824. The number of benzene rings is 1. The van der Waals surface area contributed by atoms with Crippen LogP contribution in [0, 0.1) is 11.8 Å². The molecular formula is C18H21NO. The van der Waals surface area contributed by atoms with Gasteiger partial charge in [0.15, 0.2) is 0 Å². The minimum atomic E-state index is -0.00260. The zero-order valence-electron chi connectivity index (χ0n) is 12.3. The summed E-state index contributed by atoms with van der Waals surface area (Å²) in [5.41, 5.74) is 4.57. The molecule has 3 unspecified atom stereocenters. The summed E-state index contributed by atoms with van der Waals surface area (Å²) in [7, 11) is 1.69. The summed E-state index contributed by atoms with van der Waals surface area (Å²) in [5.74, 6) is 1.71. The lowest BCUT2D eigenvalue weighted by atomic mass is 9.67. The maximum Gasteiger partial charge on any atom is 0.251 e. The van der Waals surface area contributed by atoms with E-state index >= 15 is 0 Å². The van der Waals surface area contributed by atoms with Crippen LogP contribution in [0.4, 0.5) is 0 Å². The van der Waals surface area contributed by atoms with E-state index in [1.807, 2.05) is 12.1 Å². The molecule has 1 aromatic rings. The molecular weight excluding hydrogens is 246 g/mol. The smallest absolute Gasteiger partial charge is 0.251 e. The molecule has 1 aromatic carbocycles. The average molecular weight is 267 g/mol. The average Bonchev–Trinajstić information content (AvgIpc) is 2.46. The summed E-state index contributed by atoms with van der Waals surface area (Å²) >= 11 is 0. The Morgan fingerprint density at radius 3 is 2.85 bits per heavy atom. The van der Waals surface area contributed by atoms with Crippen molar-refractivity contribution in [3.05, 3.63) is 52.6 Å². The highest BCUT2D eigenvalue weighted by molar-refractivity contribution is 5.98. The lowest BCUT2D eigenvalue weighted by Crippen LogP contribution is -2.27. The van der Waals surface area contributed by atoms with Crippen molar-refractivity contribution in [2.45, 2.75) is 26.2 Å². The van der Waals surface area contributed by atoms with Crippen molar-refractivity contribution < 1.29 is 4.79 Å². The van der Waals surface area contributed by atoms with Gasteiger partial charge < -0.3 is 5.32 Å². The lowest BCUT2D eigenvalue weighted by molar-refractivity contribution is 0.0962. The van der Waals surface area contributed by atoms with Gasteiger partial charge in [0.25, 0.3) is 5.91 Å². The molecule has 0 spiro atoms. The van der Waals surface area contributed by atoms with E-state index in [-0.39, 0.29) is 5.91 Å². The number of hydrogen-bond acceptors (Lipinski definition) is 1. The van der Waals surface area contributed by atoms with Crippen LogP contribution in [0.1, 0.15) is 47.7 Å². The molecule has 3 rings (SSSR count). The summed E-state index contributed by atoms with van der Waals surface area (Å²) in [6, 6.07) is 6.09. The summed E-state index contributed by atoms with van der Waals surface area (Å²) < 4.78 is 0. The largest absolute Gasteiger partial charge is 0.355 e. The first kappa shape index (κ1) is 13.2. The standard InChI is InChI=1S/C18H21NO/c1-11-6-4-7-13-10-16-14(12(2)17(11)13)8-5-9-15(16)18(20)19-3/h4-5,7-12,17H,6H2,1-3H3,(H,19,20). The Kier molecular flexibility index (Phi) is 3.25. The molecule has 0 radical (unpaired) electrons. The zero-order valence-corrected chi connectivity index (χ0v) is 12.3. The molecule has 104 valence electrons. The minimum absolute atomic E-state index is 0.00260. The monoisotopic (exact) mass is 267 g/mol. The molecule has 1 amide bonds. The Bertz CT molecular complexity index is 612. The van der Waals surface area contributed by atoms with E-state index in [2.05, 4.69) is 43.5 Å². The van der Waals surface area contributed by atoms with Gasteiger partial charge in [0, 0.05) is 12.6 Å². The number of allylic oxidation sites excluding steroid dienone is 3. The van der Waals surface area contributed by atoms with Gasteiger partial charge in [-0.15, -0.1) is 0 Å². The van der Waals surface area contributed by atoms with Gasteiger partial charge in [-0.25, -0.2) is 0 Å². The summed E-state index contributed by atoms with van der Waals surface area (Å²) in [5, 5.41) is 2.74. The normalized spacial score (nSPS) is 27.4. The maximum atomic E-state index is 12.1. The zero-order chi connectivity index (χ0) is 14.3. The molecule has 0 fully saturated rings. The molecule has 3 atom stereocenters. The summed E-state index contributed by atoms with van der Waals surface area (Å²) in [6.45, 7) is 4.62. The fraction of sp³-hybridized carbons (Fsp3) is 0.389. The van der Waals surface area contributed by atoms with Gasteiger partial charge in [-0.2, -0.15) is 0 Å². The first-order valence-electron chi connectivity index (χ1n) is 7.36. The molecule has 2 nitrogen and oxygen atoms in total. The molecule has 0 bridgehead atoms. The summed E-state index contributed by atoms with van der Waals surface area (Å²) in [6.07, 6.45) is 7.87. The van der Waals surface area contributed by atoms with Gasteiger partial charge in [-0.05, 0) is 46.9 Å². The fourth-order valence-corrected chi connectivity index (χ4v) is 3.76.